The molecule has 0 radical (unpaired) electrons. The van der Waals surface area contributed by atoms with Crippen LogP contribution in [0.3, 0.4) is 0 Å². The first-order valence-electron chi connectivity index (χ1n) is 9.59. The van der Waals surface area contributed by atoms with Crippen LogP contribution in [0.2, 0.25) is 0 Å². The maximum Gasteiger partial charge on any atom is 0.275 e. The van der Waals surface area contributed by atoms with Crippen LogP contribution in [-0.2, 0) is 11.3 Å². The smallest absolute Gasteiger partial charge is 0.275 e. The number of hydrogen-bond acceptors (Lipinski definition) is 4. The molecule has 1 aromatic heterocycles. The average Bonchev–Trinajstić information content (AvgIpc) is 2.68. The number of rotatable bonds is 9. The van der Waals surface area contributed by atoms with E-state index in [1.54, 1.807) is 24.3 Å². The average molecular weight is 372 g/mol. The number of aromatic nitrogens is 2. The summed E-state index contributed by atoms with van der Waals surface area (Å²) >= 11 is 0. The van der Waals surface area contributed by atoms with Crippen LogP contribution in [0, 0.1) is 0 Å². The summed E-state index contributed by atoms with van der Waals surface area (Å²) in [5.74, 6) is -0.558. The number of carbonyl (C=O) groups excluding carboxylic acids is 2. The fraction of sp³-hybridized carbons (Fsp3) is 0.500. The van der Waals surface area contributed by atoms with Crippen LogP contribution in [0.15, 0.2) is 29.1 Å². The number of fused-ring (bicyclic) bond motifs is 1. The minimum atomic E-state index is -0.343. The summed E-state index contributed by atoms with van der Waals surface area (Å²) in [5, 5.41) is 8.07. The first-order valence-corrected chi connectivity index (χ1v) is 9.59. The predicted octanol–water partition coefficient (Wildman–Crippen LogP) is 2.18. The lowest BCUT2D eigenvalue weighted by atomic mass is 10.1. The van der Waals surface area contributed by atoms with Gasteiger partial charge in [-0.1, -0.05) is 38.0 Å². The first kappa shape index (κ1) is 20.6. The Morgan fingerprint density at radius 1 is 1.11 bits per heavy atom. The number of unbranched alkanes of at least 4 members (excludes halogenated alkanes) is 2. The van der Waals surface area contributed by atoms with Gasteiger partial charge in [0.2, 0.25) is 5.91 Å². The Kier molecular flexibility index (Phi) is 7.52. The first-order chi connectivity index (χ1) is 13.0. The van der Waals surface area contributed by atoms with Crippen LogP contribution >= 0.6 is 0 Å². The monoisotopic (exact) mass is 372 g/mol. The van der Waals surface area contributed by atoms with Crippen molar-refractivity contribution in [2.75, 3.05) is 19.6 Å². The highest BCUT2D eigenvalue weighted by molar-refractivity contribution is 6.05. The quantitative estimate of drug-likeness (QED) is 0.684. The maximum absolute atomic E-state index is 13.1. The van der Waals surface area contributed by atoms with Gasteiger partial charge in [-0.2, -0.15) is 5.10 Å². The molecule has 0 unspecified atom stereocenters. The van der Waals surface area contributed by atoms with E-state index in [9.17, 15) is 14.4 Å². The topological polar surface area (TPSA) is 84.3 Å². The Bertz CT molecular complexity index is 860. The lowest BCUT2D eigenvalue weighted by Crippen LogP contribution is -2.41. The Labute approximate surface area is 159 Å². The number of amides is 2. The highest BCUT2D eigenvalue weighted by Gasteiger charge is 2.22. The Balaban J connectivity index is 2.45. The third kappa shape index (κ3) is 4.93. The molecule has 7 nitrogen and oxygen atoms in total. The summed E-state index contributed by atoms with van der Waals surface area (Å²) in [4.78, 5) is 39.2. The van der Waals surface area contributed by atoms with E-state index in [-0.39, 0.29) is 29.6 Å². The third-order valence-corrected chi connectivity index (χ3v) is 4.42. The van der Waals surface area contributed by atoms with Gasteiger partial charge in [-0.3, -0.25) is 14.4 Å². The van der Waals surface area contributed by atoms with Crippen molar-refractivity contribution in [2.24, 2.45) is 0 Å². The van der Waals surface area contributed by atoms with Crippen molar-refractivity contribution in [1.29, 1.82) is 0 Å². The van der Waals surface area contributed by atoms with Crippen molar-refractivity contribution in [3.05, 3.63) is 40.3 Å². The normalized spacial score (nSPS) is 10.8. The van der Waals surface area contributed by atoms with E-state index in [0.717, 1.165) is 19.3 Å². The number of likely N-dealkylation sites (N-methyl/N-ethyl adjacent to an activating group) is 2. The number of aryl methyl sites for hydroxylation is 1. The van der Waals surface area contributed by atoms with Crippen LogP contribution in [-0.4, -0.2) is 46.1 Å². The zero-order valence-corrected chi connectivity index (χ0v) is 16.3. The second-order valence-electron chi connectivity index (χ2n) is 6.40. The molecule has 0 bridgehead atoms. The van der Waals surface area contributed by atoms with Crippen molar-refractivity contribution >= 4 is 22.6 Å². The van der Waals surface area contributed by atoms with Gasteiger partial charge in [-0.15, -0.1) is 0 Å². The second-order valence-corrected chi connectivity index (χ2v) is 6.40. The van der Waals surface area contributed by atoms with Gasteiger partial charge in [0.15, 0.2) is 5.69 Å². The summed E-state index contributed by atoms with van der Waals surface area (Å²) < 4.78 is 1.38. The molecule has 27 heavy (non-hydrogen) atoms. The van der Waals surface area contributed by atoms with Crippen molar-refractivity contribution < 1.29 is 9.59 Å². The number of benzene rings is 1. The van der Waals surface area contributed by atoms with E-state index in [2.05, 4.69) is 17.3 Å². The fourth-order valence-electron chi connectivity index (χ4n) is 2.96. The second kappa shape index (κ2) is 9.85. The van der Waals surface area contributed by atoms with E-state index >= 15 is 0 Å². The lowest BCUT2D eigenvalue weighted by Gasteiger charge is -2.21. The molecule has 2 aromatic rings. The van der Waals surface area contributed by atoms with Gasteiger partial charge in [-0.25, -0.2) is 4.68 Å². The van der Waals surface area contributed by atoms with Crippen molar-refractivity contribution in [1.82, 2.24) is 20.0 Å². The maximum atomic E-state index is 13.1. The van der Waals surface area contributed by atoms with Gasteiger partial charge in [0.25, 0.3) is 11.5 Å². The summed E-state index contributed by atoms with van der Waals surface area (Å²) in [7, 11) is 0. The van der Waals surface area contributed by atoms with Crippen molar-refractivity contribution in [3.8, 4) is 0 Å². The van der Waals surface area contributed by atoms with E-state index in [0.29, 0.717) is 30.4 Å². The van der Waals surface area contributed by atoms with Gasteiger partial charge in [0.05, 0.1) is 11.9 Å². The van der Waals surface area contributed by atoms with Crippen LogP contribution in [0.4, 0.5) is 0 Å². The van der Waals surface area contributed by atoms with E-state index < -0.39 is 0 Å². The van der Waals surface area contributed by atoms with Gasteiger partial charge >= 0.3 is 0 Å². The highest BCUT2D eigenvalue weighted by atomic mass is 16.2. The lowest BCUT2D eigenvalue weighted by molar-refractivity contribution is -0.121. The summed E-state index contributed by atoms with van der Waals surface area (Å²) in [6, 6.07) is 7.00. The number of carbonyl (C=O) groups is 2. The number of nitrogens with one attached hydrogen (secondary N) is 1. The summed E-state index contributed by atoms with van der Waals surface area (Å²) in [6.45, 7) is 7.06. The minimum Gasteiger partial charge on any atom is -0.355 e. The van der Waals surface area contributed by atoms with Gasteiger partial charge in [0, 0.05) is 25.0 Å². The van der Waals surface area contributed by atoms with E-state index in [1.165, 1.54) is 9.58 Å². The van der Waals surface area contributed by atoms with E-state index in [4.69, 9.17) is 0 Å². The molecule has 0 aliphatic carbocycles. The van der Waals surface area contributed by atoms with Crippen LogP contribution in [0.25, 0.3) is 10.8 Å². The highest BCUT2D eigenvalue weighted by Crippen LogP contribution is 2.15. The largest absolute Gasteiger partial charge is 0.355 e. The fourth-order valence-corrected chi connectivity index (χ4v) is 2.96. The zero-order valence-electron chi connectivity index (χ0n) is 16.3. The molecule has 2 rings (SSSR count). The molecule has 1 aromatic carbocycles. The van der Waals surface area contributed by atoms with E-state index in [1.807, 2.05) is 13.8 Å². The molecule has 0 saturated carbocycles. The van der Waals surface area contributed by atoms with Gasteiger partial charge < -0.3 is 10.2 Å². The molecule has 7 heteroatoms. The third-order valence-electron chi connectivity index (χ3n) is 4.42. The minimum absolute atomic E-state index is 0.0336. The SMILES string of the molecule is CCCCCn1nc(C(=O)N(CC)CC(=O)NCC)c2ccccc2c1=O. The number of hydrogen-bond donors (Lipinski definition) is 1. The standard InChI is InChI=1S/C20H28N4O3/c1-4-7-10-13-24-19(26)16-12-9-8-11-15(16)18(22-24)20(27)23(6-3)14-17(25)21-5-2/h8-9,11-12H,4-7,10,13-14H2,1-3H3,(H,21,25). The Morgan fingerprint density at radius 3 is 2.44 bits per heavy atom. The molecule has 0 aliphatic heterocycles. The molecule has 0 aliphatic rings. The summed E-state index contributed by atoms with van der Waals surface area (Å²) in [5.41, 5.74) is 0.0258. The number of nitrogens with zero attached hydrogens (tertiary/aromatic N) is 3. The molecule has 2 amide bonds. The molecular weight excluding hydrogens is 344 g/mol. The molecule has 0 saturated heterocycles. The van der Waals surface area contributed by atoms with Gasteiger partial charge in [0.1, 0.15) is 0 Å². The van der Waals surface area contributed by atoms with Crippen LogP contribution < -0.4 is 10.9 Å². The Morgan fingerprint density at radius 2 is 1.81 bits per heavy atom. The molecule has 0 atom stereocenters. The van der Waals surface area contributed by atoms with Crippen LogP contribution in [0.1, 0.15) is 50.5 Å². The predicted molar refractivity (Wildman–Crippen MR) is 106 cm³/mol. The molecule has 0 fully saturated rings. The molecule has 0 spiro atoms. The van der Waals surface area contributed by atoms with Crippen molar-refractivity contribution in [3.63, 3.8) is 0 Å². The zero-order chi connectivity index (χ0) is 19.8. The van der Waals surface area contributed by atoms with Crippen molar-refractivity contribution in [2.45, 2.75) is 46.6 Å². The molecular formula is C20H28N4O3. The molecule has 1 N–H and O–H groups in total. The van der Waals surface area contributed by atoms with Crippen LogP contribution in [0.5, 0.6) is 0 Å². The molecule has 146 valence electrons. The Hall–Kier alpha value is -2.70. The summed E-state index contributed by atoms with van der Waals surface area (Å²) in [6.07, 6.45) is 2.85. The molecule has 1 heterocycles. The van der Waals surface area contributed by atoms with Gasteiger partial charge in [-0.05, 0) is 26.3 Å².